The Kier molecular flexibility index (Phi) is 6.76. The van der Waals surface area contributed by atoms with Crippen LogP contribution < -0.4 is 14.2 Å². The Morgan fingerprint density at radius 2 is 1.90 bits per heavy atom. The van der Waals surface area contributed by atoms with Gasteiger partial charge in [-0.05, 0) is 47.7 Å². The molecule has 0 unspecified atom stereocenters. The van der Waals surface area contributed by atoms with E-state index in [4.69, 9.17) is 19.5 Å². The van der Waals surface area contributed by atoms with Crippen LogP contribution in [0.1, 0.15) is 5.56 Å². The topological polar surface area (TPSA) is 88.9 Å². The number of hydrogen-bond donors (Lipinski definition) is 0. The van der Waals surface area contributed by atoms with Crippen molar-refractivity contribution in [3.05, 3.63) is 59.0 Å². The highest BCUT2D eigenvalue weighted by Gasteiger charge is 2.34. The molecule has 148 valence electrons. The Labute approximate surface area is 172 Å². The molecule has 1 heterocycles. The molecule has 1 fully saturated rings. The number of benzene rings is 2. The molecule has 2 aromatic carbocycles. The number of ether oxygens (including phenoxy) is 3. The van der Waals surface area contributed by atoms with Gasteiger partial charge in [-0.15, -0.1) is 0 Å². The molecule has 0 N–H and O–H groups in total. The van der Waals surface area contributed by atoms with E-state index < -0.39 is 0 Å². The maximum atomic E-state index is 12.6. The van der Waals surface area contributed by atoms with Gasteiger partial charge in [0.25, 0.3) is 11.1 Å². The van der Waals surface area contributed by atoms with Crippen molar-refractivity contribution in [3.8, 4) is 23.3 Å². The molecule has 0 aliphatic carbocycles. The molecule has 0 bridgehead atoms. The second-order valence-corrected chi connectivity index (χ2v) is 6.85. The number of rotatable bonds is 8. The van der Waals surface area contributed by atoms with Gasteiger partial charge in [-0.3, -0.25) is 14.5 Å². The van der Waals surface area contributed by atoms with Gasteiger partial charge in [-0.1, -0.05) is 24.3 Å². The number of carbonyl (C=O) groups is 2. The number of thioether (sulfide) groups is 1. The van der Waals surface area contributed by atoms with Crippen LogP contribution in [0.3, 0.4) is 0 Å². The van der Waals surface area contributed by atoms with Crippen LogP contribution in [0.2, 0.25) is 0 Å². The SMILES string of the molecule is COc1cc(/C=C2\SC(=O)N(CCOc3ccccc3)C2=O)ccc1OCC#N. The number of nitrogens with zero attached hydrogens (tertiary/aromatic N) is 2. The van der Waals surface area contributed by atoms with Crippen molar-refractivity contribution >= 4 is 29.0 Å². The summed E-state index contributed by atoms with van der Waals surface area (Å²) < 4.78 is 16.1. The number of methoxy groups -OCH3 is 1. The van der Waals surface area contributed by atoms with Crippen molar-refractivity contribution < 1.29 is 23.8 Å². The van der Waals surface area contributed by atoms with Crippen molar-refractivity contribution in [1.82, 2.24) is 4.90 Å². The molecule has 0 radical (unpaired) electrons. The summed E-state index contributed by atoms with van der Waals surface area (Å²) in [7, 11) is 1.49. The average molecular weight is 410 g/mol. The Morgan fingerprint density at radius 3 is 2.62 bits per heavy atom. The fraction of sp³-hybridized carbons (Fsp3) is 0.190. The summed E-state index contributed by atoms with van der Waals surface area (Å²) in [5.74, 6) is 1.18. The van der Waals surface area contributed by atoms with Crippen molar-refractivity contribution in [2.45, 2.75) is 0 Å². The second-order valence-electron chi connectivity index (χ2n) is 5.85. The Balaban J connectivity index is 1.66. The first-order valence-electron chi connectivity index (χ1n) is 8.73. The van der Waals surface area contributed by atoms with Gasteiger partial charge in [0.05, 0.1) is 18.6 Å². The van der Waals surface area contributed by atoms with Crippen molar-refractivity contribution in [2.75, 3.05) is 26.9 Å². The number of imide groups is 1. The van der Waals surface area contributed by atoms with Crippen LogP contribution in [0.15, 0.2) is 53.4 Å². The third-order valence-corrected chi connectivity index (χ3v) is 4.89. The van der Waals surface area contributed by atoms with Crippen LogP contribution in [0.5, 0.6) is 17.2 Å². The summed E-state index contributed by atoms with van der Waals surface area (Å²) in [5.41, 5.74) is 0.678. The van der Waals surface area contributed by atoms with E-state index in [1.54, 1.807) is 24.3 Å². The molecule has 0 spiro atoms. The van der Waals surface area contributed by atoms with Crippen molar-refractivity contribution in [2.24, 2.45) is 0 Å². The molecule has 0 aromatic heterocycles. The quantitative estimate of drug-likeness (QED) is 0.613. The maximum Gasteiger partial charge on any atom is 0.293 e. The number of para-hydroxylation sites is 1. The largest absolute Gasteiger partial charge is 0.493 e. The van der Waals surface area contributed by atoms with Crippen molar-refractivity contribution in [1.29, 1.82) is 5.26 Å². The lowest BCUT2D eigenvalue weighted by Gasteiger charge is -2.13. The van der Waals surface area contributed by atoms with Crippen molar-refractivity contribution in [3.63, 3.8) is 0 Å². The minimum Gasteiger partial charge on any atom is -0.493 e. The van der Waals surface area contributed by atoms with E-state index in [-0.39, 0.29) is 30.9 Å². The Bertz CT molecular complexity index is 969. The van der Waals surface area contributed by atoms with Crippen LogP contribution in [-0.4, -0.2) is 42.9 Å². The second kappa shape index (κ2) is 9.66. The van der Waals surface area contributed by atoms with E-state index in [9.17, 15) is 9.59 Å². The lowest BCUT2D eigenvalue weighted by Crippen LogP contribution is -2.32. The fourth-order valence-corrected chi connectivity index (χ4v) is 3.48. The molecule has 0 atom stereocenters. The summed E-state index contributed by atoms with van der Waals surface area (Å²) >= 11 is 0.882. The smallest absolute Gasteiger partial charge is 0.293 e. The number of carbonyl (C=O) groups excluding carboxylic acids is 2. The first-order valence-corrected chi connectivity index (χ1v) is 9.55. The van der Waals surface area contributed by atoms with Crippen LogP contribution >= 0.6 is 11.8 Å². The van der Waals surface area contributed by atoms with E-state index in [0.717, 1.165) is 11.8 Å². The minimum atomic E-state index is -0.361. The van der Waals surface area contributed by atoms with Gasteiger partial charge in [0, 0.05) is 0 Å². The predicted octanol–water partition coefficient (Wildman–Crippen LogP) is 3.71. The molecular formula is C21H18N2O5S. The van der Waals surface area contributed by atoms with E-state index in [1.165, 1.54) is 12.0 Å². The van der Waals surface area contributed by atoms with Crippen LogP contribution in [0, 0.1) is 11.3 Å². The molecule has 7 nitrogen and oxygen atoms in total. The fourth-order valence-electron chi connectivity index (χ4n) is 2.62. The van der Waals surface area contributed by atoms with Crippen LogP contribution in [-0.2, 0) is 4.79 Å². The van der Waals surface area contributed by atoms with Gasteiger partial charge in [-0.2, -0.15) is 5.26 Å². The monoisotopic (exact) mass is 410 g/mol. The predicted molar refractivity (Wildman–Crippen MR) is 109 cm³/mol. The lowest BCUT2D eigenvalue weighted by molar-refractivity contribution is -0.123. The zero-order valence-electron chi connectivity index (χ0n) is 15.7. The Hall–Kier alpha value is -3.44. The number of amides is 2. The molecule has 0 saturated carbocycles. The van der Waals surface area contributed by atoms with Gasteiger partial charge < -0.3 is 14.2 Å². The standard InChI is InChI=1S/C21H18N2O5S/c1-26-18-13-15(7-8-17(18)28-11-9-22)14-19-20(24)23(21(25)29-19)10-12-27-16-5-3-2-4-6-16/h2-8,13-14H,10-12H2,1H3/b19-14-. The maximum absolute atomic E-state index is 12.6. The zero-order chi connectivity index (χ0) is 20.6. The molecule has 3 rings (SSSR count). The van der Waals surface area contributed by atoms with E-state index in [0.29, 0.717) is 27.7 Å². The normalized spacial score (nSPS) is 14.8. The highest BCUT2D eigenvalue weighted by Crippen LogP contribution is 2.34. The van der Waals surface area contributed by atoms with E-state index >= 15 is 0 Å². The molecule has 1 aliphatic heterocycles. The molecule has 2 amide bonds. The summed E-state index contributed by atoms with van der Waals surface area (Å²) in [4.78, 5) is 26.3. The number of nitriles is 1. The summed E-state index contributed by atoms with van der Waals surface area (Å²) in [6.07, 6.45) is 1.62. The van der Waals surface area contributed by atoms with Gasteiger partial charge in [-0.25, -0.2) is 0 Å². The van der Waals surface area contributed by atoms with Gasteiger partial charge >= 0.3 is 0 Å². The molecular weight excluding hydrogens is 392 g/mol. The molecule has 2 aromatic rings. The summed E-state index contributed by atoms with van der Waals surface area (Å²) in [6, 6.07) is 16.2. The van der Waals surface area contributed by atoms with Crippen LogP contribution in [0.4, 0.5) is 4.79 Å². The van der Waals surface area contributed by atoms with Gasteiger partial charge in [0.1, 0.15) is 18.4 Å². The van der Waals surface area contributed by atoms with Crippen LogP contribution in [0.25, 0.3) is 6.08 Å². The van der Waals surface area contributed by atoms with E-state index in [1.807, 2.05) is 36.4 Å². The molecule has 1 aliphatic rings. The molecule has 1 saturated heterocycles. The lowest BCUT2D eigenvalue weighted by atomic mass is 10.2. The zero-order valence-corrected chi connectivity index (χ0v) is 16.5. The first-order chi connectivity index (χ1) is 14.1. The molecule has 29 heavy (non-hydrogen) atoms. The third-order valence-electron chi connectivity index (χ3n) is 3.98. The van der Waals surface area contributed by atoms with Gasteiger partial charge in [0.15, 0.2) is 18.1 Å². The first kappa shape index (κ1) is 20.3. The highest BCUT2D eigenvalue weighted by molar-refractivity contribution is 8.18. The summed E-state index contributed by atoms with van der Waals surface area (Å²) in [6.45, 7) is 0.287. The third kappa shape index (κ3) is 5.09. The van der Waals surface area contributed by atoms with E-state index in [2.05, 4.69) is 0 Å². The number of hydrogen-bond acceptors (Lipinski definition) is 7. The Morgan fingerprint density at radius 1 is 1.10 bits per heavy atom. The molecule has 8 heteroatoms. The average Bonchev–Trinajstić information content (AvgIpc) is 3.00. The van der Waals surface area contributed by atoms with Gasteiger partial charge in [0.2, 0.25) is 0 Å². The minimum absolute atomic E-state index is 0.0976. The highest BCUT2D eigenvalue weighted by atomic mass is 32.2. The summed E-state index contributed by atoms with van der Waals surface area (Å²) in [5, 5.41) is 8.30.